The van der Waals surface area contributed by atoms with Crippen molar-refractivity contribution in [2.45, 2.75) is 0 Å². The number of nitrogen functional groups attached to an aromatic ring is 2. The SMILES string of the molecule is C[n+]1ccc(-c2nnc(NN)n2N)cc1. The van der Waals surface area contributed by atoms with Crippen LogP contribution in [0, 0.1) is 0 Å². The Morgan fingerprint density at radius 3 is 2.53 bits per heavy atom. The minimum absolute atomic E-state index is 0.318. The van der Waals surface area contributed by atoms with Gasteiger partial charge in [-0.3, -0.25) is 5.43 Å². The zero-order valence-electron chi connectivity index (χ0n) is 8.25. The van der Waals surface area contributed by atoms with Gasteiger partial charge >= 0.3 is 0 Å². The first kappa shape index (κ1) is 9.41. The number of nitrogens with two attached hydrogens (primary N) is 2. The number of hydrogen-bond acceptors (Lipinski definition) is 5. The first-order valence-corrected chi connectivity index (χ1v) is 4.35. The molecular formula is C8H12N7+. The van der Waals surface area contributed by atoms with Crippen LogP contribution < -0.4 is 21.7 Å². The molecule has 2 aromatic heterocycles. The van der Waals surface area contributed by atoms with Gasteiger partial charge < -0.3 is 5.84 Å². The maximum atomic E-state index is 5.73. The summed E-state index contributed by atoms with van der Waals surface area (Å²) in [7, 11) is 1.93. The highest BCUT2D eigenvalue weighted by molar-refractivity contribution is 5.55. The smallest absolute Gasteiger partial charge is 0.257 e. The molecule has 0 unspecified atom stereocenters. The maximum absolute atomic E-state index is 5.73. The van der Waals surface area contributed by atoms with E-state index in [0.717, 1.165) is 5.56 Å². The first-order chi connectivity index (χ1) is 7.22. The van der Waals surface area contributed by atoms with Gasteiger partial charge in [0.2, 0.25) is 0 Å². The lowest BCUT2D eigenvalue weighted by Crippen LogP contribution is -2.26. The molecule has 0 radical (unpaired) electrons. The van der Waals surface area contributed by atoms with Gasteiger partial charge in [0, 0.05) is 17.7 Å². The van der Waals surface area contributed by atoms with E-state index in [1.54, 1.807) is 0 Å². The van der Waals surface area contributed by atoms with Gasteiger partial charge in [-0.1, -0.05) is 0 Å². The van der Waals surface area contributed by atoms with Crippen molar-refractivity contribution < 1.29 is 4.57 Å². The van der Waals surface area contributed by atoms with Crippen LogP contribution in [0.25, 0.3) is 11.4 Å². The highest BCUT2D eigenvalue weighted by Gasteiger charge is 2.10. The van der Waals surface area contributed by atoms with E-state index in [4.69, 9.17) is 11.7 Å². The zero-order valence-corrected chi connectivity index (χ0v) is 8.25. The van der Waals surface area contributed by atoms with Crippen LogP contribution in [0.5, 0.6) is 0 Å². The third kappa shape index (κ3) is 1.59. The van der Waals surface area contributed by atoms with E-state index < -0.39 is 0 Å². The predicted molar refractivity (Wildman–Crippen MR) is 54.6 cm³/mol. The molecule has 2 aromatic rings. The Morgan fingerprint density at radius 2 is 2.00 bits per heavy atom. The van der Waals surface area contributed by atoms with Crippen LogP contribution >= 0.6 is 0 Å². The summed E-state index contributed by atoms with van der Waals surface area (Å²) in [4.78, 5) is 0. The van der Waals surface area contributed by atoms with E-state index in [-0.39, 0.29) is 0 Å². The zero-order chi connectivity index (χ0) is 10.8. The van der Waals surface area contributed by atoms with Crippen LogP contribution in [0.4, 0.5) is 5.95 Å². The van der Waals surface area contributed by atoms with Gasteiger partial charge in [0.1, 0.15) is 7.05 Å². The van der Waals surface area contributed by atoms with Crippen LogP contribution in [0.15, 0.2) is 24.5 Å². The number of nitrogens with zero attached hydrogens (tertiary/aromatic N) is 4. The fourth-order valence-electron chi connectivity index (χ4n) is 1.24. The lowest BCUT2D eigenvalue weighted by Gasteiger charge is -2.01. The molecule has 0 fully saturated rings. The van der Waals surface area contributed by atoms with E-state index in [1.807, 2.05) is 36.1 Å². The van der Waals surface area contributed by atoms with Crippen LogP contribution in [0.3, 0.4) is 0 Å². The van der Waals surface area contributed by atoms with Gasteiger partial charge in [0.25, 0.3) is 5.95 Å². The molecule has 0 aromatic carbocycles. The highest BCUT2D eigenvalue weighted by Crippen LogP contribution is 2.15. The molecule has 0 spiro atoms. The Balaban J connectivity index is 2.45. The van der Waals surface area contributed by atoms with Crippen LogP contribution in [-0.4, -0.2) is 14.9 Å². The second kappa shape index (κ2) is 3.54. The molecule has 0 aliphatic rings. The molecule has 5 N–H and O–H groups in total. The van der Waals surface area contributed by atoms with Crippen molar-refractivity contribution >= 4 is 5.95 Å². The molecule has 0 aliphatic carbocycles. The molecular weight excluding hydrogens is 194 g/mol. The molecule has 2 rings (SSSR count). The summed E-state index contributed by atoms with van der Waals surface area (Å²) in [6, 6.07) is 3.79. The summed E-state index contributed by atoms with van der Waals surface area (Å²) in [6.45, 7) is 0. The molecule has 2 heterocycles. The second-order valence-corrected chi connectivity index (χ2v) is 3.11. The van der Waals surface area contributed by atoms with Crippen molar-refractivity contribution in [3.63, 3.8) is 0 Å². The van der Waals surface area contributed by atoms with Gasteiger partial charge in [-0.15, -0.1) is 10.2 Å². The fraction of sp³-hybridized carbons (Fsp3) is 0.125. The molecule has 15 heavy (non-hydrogen) atoms. The number of hydrogen-bond donors (Lipinski definition) is 3. The summed E-state index contributed by atoms with van der Waals surface area (Å²) in [5.74, 6) is 11.8. The predicted octanol–water partition coefficient (Wildman–Crippen LogP) is -1.23. The Hall–Kier alpha value is -2.15. The Bertz CT molecular complexity index is 458. The van der Waals surface area contributed by atoms with E-state index in [2.05, 4.69) is 15.6 Å². The molecule has 0 bridgehead atoms. The van der Waals surface area contributed by atoms with Gasteiger partial charge in [-0.2, -0.15) is 0 Å². The van der Waals surface area contributed by atoms with Gasteiger partial charge in [0.15, 0.2) is 18.2 Å². The van der Waals surface area contributed by atoms with Crippen LogP contribution in [0.2, 0.25) is 0 Å². The molecule has 0 amide bonds. The van der Waals surface area contributed by atoms with E-state index in [1.165, 1.54) is 4.68 Å². The van der Waals surface area contributed by atoms with E-state index >= 15 is 0 Å². The fourth-order valence-corrected chi connectivity index (χ4v) is 1.24. The number of hydrazine groups is 1. The summed E-state index contributed by atoms with van der Waals surface area (Å²) in [5, 5.41) is 7.70. The molecule has 0 saturated heterocycles. The lowest BCUT2D eigenvalue weighted by molar-refractivity contribution is -0.671. The lowest BCUT2D eigenvalue weighted by atomic mass is 10.2. The van der Waals surface area contributed by atoms with Crippen LogP contribution in [-0.2, 0) is 7.05 Å². The van der Waals surface area contributed by atoms with Crippen molar-refractivity contribution in [1.29, 1.82) is 0 Å². The number of aromatic nitrogens is 4. The quantitative estimate of drug-likeness (QED) is 0.324. The minimum atomic E-state index is 0.318. The van der Waals surface area contributed by atoms with E-state index in [0.29, 0.717) is 11.8 Å². The van der Waals surface area contributed by atoms with Gasteiger partial charge in [-0.05, 0) is 0 Å². The minimum Gasteiger partial charge on any atom is -0.334 e. The van der Waals surface area contributed by atoms with Gasteiger partial charge in [0.05, 0.1) is 0 Å². The van der Waals surface area contributed by atoms with Crippen molar-refractivity contribution in [2.75, 3.05) is 11.3 Å². The first-order valence-electron chi connectivity index (χ1n) is 4.35. The van der Waals surface area contributed by atoms with Crippen molar-refractivity contribution in [3.05, 3.63) is 24.5 Å². The normalized spacial score (nSPS) is 10.3. The van der Waals surface area contributed by atoms with Crippen LogP contribution in [0.1, 0.15) is 0 Å². The molecule has 0 aliphatic heterocycles. The third-order valence-electron chi connectivity index (χ3n) is 2.06. The summed E-state index contributed by atoms with van der Waals surface area (Å²) in [6.07, 6.45) is 3.80. The summed E-state index contributed by atoms with van der Waals surface area (Å²) in [5.41, 5.74) is 3.24. The Labute approximate surface area is 86.3 Å². The molecule has 7 heteroatoms. The number of nitrogens with one attached hydrogen (secondary N) is 1. The molecule has 0 atom stereocenters. The Kier molecular flexibility index (Phi) is 2.22. The standard InChI is InChI=1S/C8H11N7/c1-14-4-2-6(3-5-14)7-12-13-8(11-9)15(7)10/h2-5H,10H2,1H3,(H2,9,12)/p+1. The van der Waals surface area contributed by atoms with Crippen molar-refractivity contribution in [3.8, 4) is 11.4 Å². The summed E-state index contributed by atoms with van der Waals surface area (Å²) >= 11 is 0. The monoisotopic (exact) mass is 206 g/mol. The highest BCUT2D eigenvalue weighted by atomic mass is 15.5. The van der Waals surface area contributed by atoms with Crippen molar-refractivity contribution in [1.82, 2.24) is 14.9 Å². The topological polar surface area (TPSA) is 98.7 Å². The van der Waals surface area contributed by atoms with Crippen molar-refractivity contribution in [2.24, 2.45) is 12.9 Å². The number of pyridine rings is 1. The largest absolute Gasteiger partial charge is 0.334 e. The average molecular weight is 206 g/mol. The number of rotatable bonds is 2. The summed E-state index contributed by atoms with van der Waals surface area (Å²) < 4.78 is 3.22. The Morgan fingerprint density at radius 1 is 1.33 bits per heavy atom. The molecule has 0 saturated carbocycles. The second-order valence-electron chi connectivity index (χ2n) is 3.11. The third-order valence-corrected chi connectivity index (χ3v) is 2.06. The van der Waals surface area contributed by atoms with E-state index in [9.17, 15) is 0 Å². The molecule has 78 valence electrons. The molecule has 7 nitrogen and oxygen atoms in total. The maximum Gasteiger partial charge on any atom is 0.257 e. The number of aryl methyl sites for hydroxylation is 1. The average Bonchev–Trinajstić information content (AvgIpc) is 2.61. The van der Waals surface area contributed by atoms with Gasteiger partial charge in [-0.25, -0.2) is 15.1 Å². The number of anilines is 1.